The second-order valence-corrected chi connectivity index (χ2v) is 7.83. The van der Waals surface area contributed by atoms with E-state index in [1.165, 1.54) is 10.4 Å². The Kier molecular flexibility index (Phi) is 3.53. The molecule has 1 unspecified atom stereocenters. The Morgan fingerprint density at radius 1 is 1.27 bits per heavy atom. The zero-order chi connectivity index (χ0) is 17.6. The number of carbonyl (C=O) groups excluding carboxylic acids is 1. The van der Waals surface area contributed by atoms with Crippen LogP contribution in [0.1, 0.15) is 34.5 Å². The van der Waals surface area contributed by atoms with E-state index in [0.717, 1.165) is 30.5 Å². The quantitative estimate of drug-likeness (QED) is 0.742. The molecule has 0 bridgehead atoms. The molecule has 6 heteroatoms. The number of thiazole rings is 1. The van der Waals surface area contributed by atoms with Crippen LogP contribution >= 0.6 is 11.3 Å². The minimum atomic E-state index is -0.264. The number of amides is 1. The number of rotatable bonds is 4. The first-order chi connectivity index (χ1) is 12.8. The summed E-state index contributed by atoms with van der Waals surface area (Å²) in [4.78, 5) is 17.6. The highest BCUT2D eigenvalue weighted by atomic mass is 32.1. The molecule has 1 saturated carbocycles. The molecular formula is C20H18N4OS. The maximum atomic E-state index is 12.1. The first kappa shape index (κ1) is 15.5. The van der Waals surface area contributed by atoms with Crippen molar-refractivity contribution in [2.45, 2.75) is 24.7 Å². The summed E-state index contributed by atoms with van der Waals surface area (Å²) in [7, 11) is 0. The Hall–Kier alpha value is -2.73. The number of nitrogens with zero attached hydrogens (tertiary/aromatic N) is 2. The fourth-order valence-corrected chi connectivity index (χ4v) is 4.43. The minimum absolute atomic E-state index is 0.0788. The number of H-pyrrole nitrogens is 1. The number of fused-ring (bicyclic) bond motifs is 1. The van der Waals surface area contributed by atoms with E-state index in [2.05, 4.69) is 56.9 Å². The molecule has 0 saturated heterocycles. The Morgan fingerprint density at radius 2 is 2.12 bits per heavy atom. The van der Waals surface area contributed by atoms with E-state index < -0.39 is 0 Å². The summed E-state index contributed by atoms with van der Waals surface area (Å²) >= 11 is 1.66. The summed E-state index contributed by atoms with van der Waals surface area (Å²) in [6.07, 6.45) is 8.97. The second-order valence-electron chi connectivity index (χ2n) is 6.94. The molecule has 130 valence electrons. The average molecular weight is 362 g/mol. The number of anilines is 1. The molecule has 26 heavy (non-hydrogen) atoms. The fraction of sp³-hybridized carbons (Fsp3) is 0.250. The first-order valence-corrected chi connectivity index (χ1v) is 9.66. The third-order valence-electron chi connectivity index (χ3n) is 5.22. The van der Waals surface area contributed by atoms with Crippen molar-refractivity contribution in [3.63, 3.8) is 0 Å². The molecule has 3 aromatic rings. The maximum Gasteiger partial charge on any atom is 0.228 e. The van der Waals surface area contributed by atoms with Crippen molar-refractivity contribution in [2.75, 3.05) is 5.32 Å². The number of allylic oxidation sites excluding steroid dienone is 1. The molecule has 0 spiro atoms. The third-order valence-corrected chi connectivity index (χ3v) is 6.17. The maximum absolute atomic E-state index is 12.1. The van der Waals surface area contributed by atoms with Crippen LogP contribution in [0.15, 0.2) is 48.1 Å². The van der Waals surface area contributed by atoms with Gasteiger partial charge in [-0.15, -0.1) is 11.3 Å². The van der Waals surface area contributed by atoms with Gasteiger partial charge >= 0.3 is 0 Å². The monoisotopic (exact) mass is 362 g/mol. The SMILES string of the molecule is O=C(Nc1n[nH]c2c1C=CC(c1ccccc1)(c1cncs1)C2)C1CC1. The summed E-state index contributed by atoms with van der Waals surface area (Å²) in [5.74, 6) is 0.879. The highest BCUT2D eigenvalue weighted by Crippen LogP contribution is 2.43. The molecule has 5 rings (SSSR count). The van der Waals surface area contributed by atoms with Crippen molar-refractivity contribution in [3.8, 4) is 0 Å². The van der Waals surface area contributed by atoms with Gasteiger partial charge < -0.3 is 5.32 Å². The predicted molar refractivity (Wildman–Crippen MR) is 102 cm³/mol. The summed E-state index contributed by atoms with van der Waals surface area (Å²) in [6.45, 7) is 0. The molecule has 2 aromatic heterocycles. The van der Waals surface area contributed by atoms with Gasteiger partial charge in [0.15, 0.2) is 5.82 Å². The van der Waals surface area contributed by atoms with Crippen molar-refractivity contribution in [3.05, 3.63) is 69.8 Å². The number of nitrogens with one attached hydrogen (secondary N) is 2. The molecule has 5 nitrogen and oxygen atoms in total. The van der Waals surface area contributed by atoms with Crippen LogP contribution in [-0.2, 0) is 16.6 Å². The van der Waals surface area contributed by atoms with Crippen LogP contribution in [0.25, 0.3) is 6.08 Å². The van der Waals surface area contributed by atoms with Gasteiger partial charge in [-0.25, -0.2) is 0 Å². The molecular weight excluding hydrogens is 344 g/mol. The van der Waals surface area contributed by atoms with E-state index in [1.807, 2.05) is 17.8 Å². The van der Waals surface area contributed by atoms with E-state index in [0.29, 0.717) is 5.82 Å². The van der Waals surface area contributed by atoms with Crippen molar-refractivity contribution in [1.29, 1.82) is 0 Å². The van der Waals surface area contributed by atoms with Gasteiger partial charge in [-0.05, 0) is 18.4 Å². The van der Waals surface area contributed by atoms with Crippen LogP contribution in [0.2, 0.25) is 0 Å². The zero-order valence-electron chi connectivity index (χ0n) is 14.1. The fourth-order valence-electron chi connectivity index (χ4n) is 3.61. The smallest absolute Gasteiger partial charge is 0.228 e. The van der Waals surface area contributed by atoms with Gasteiger partial charge in [-0.1, -0.05) is 42.5 Å². The normalized spacial score (nSPS) is 21.4. The molecule has 1 amide bonds. The standard InChI is InChI=1S/C20H18N4OS/c25-19(13-6-7-13)22-18-15-8-9-20(10-16(15)23-24-18,17-11-21-12-26-17)14-4-2-1-3-5-14/h1-5,8-9,11-13H,6-7,10H2,(H2,22,23,24,25). The van der Waals surface area contributed by atoms with Gasteiger partial charge in [-0.2, -0.15) is 5.10 Å². The van der Waals surface area contributed by atoms with Crippen LogP contribution in [0.4, 0.5) is 5.82 Å². The summed E-state index contributed by atoms with van der Waals surface area (Å²) in [5, 5.41) is 10.5. The topological polar surface area (TPSA) is 70.7 Å². The highest BCUT2D eigenvalue weighted by molar-refractivity contribution is 7.09. The zero-order valence-corrected chi connectivity index (χ0v) is 14.9. The number of carbonyl (C=O) groups is 1. The Morgan fingerprint density at radius 3 is 2.85 bits per heavy atom. The lowest BCUT2D eigenvalue weighted by Crippen LogP contribution is -2.29. The highest BCUT2D eigenvalue weighted by Gasteiger charge is 2.38. The Balaban J connectivity index is 1.55. The van der Waals surface area contributed by atoms with Crippen molar-refractivity contribution < 1.29 is 4.79 Å². The van der Waals surface area contributed by atoms with Gasteiger partial charge in [0.1, 0.15) is 0 Å². The Bertz CT molecular complexity index is 973. The molecule has 1 fully saturated rings. The van der Waals surface area contributed by atoms with E-state index in [1.54, 1.807) is 11.3 Å². The van der Waals surface area contributed by atoms with Crippen LogP contribution in [0.3, 0.4) is 0 Å². The van der Waals surface area contributed by atoms with Gasteiger partial charge in [0.05, 0.1) is 10.9 Å². The average Bonchev–Trinajstić information content (AvgIpc) is 3.24. The number of aromatic amines is 1. The number of aromatic nitrogens is 3. The molecule has 2 aliphatic carbocycles. The summed E-state index contributed by atoms with van der Waals surface area (Å²) in [5.41, 5.74) is 4.85. The predicted octanol–water partition coefficient (Wildman–Crippen LogP) is 3.77. The summed E-state index contributed by atoms with van der Waals surface area (Å²) < 4.78 is 0. The molecule has 2 aliphatic rings. The van der Waals surface area contributed by atoms with Crippen LogP contribution in [0, 0.1) is 5.92 Å². The van der Waals surface area contributed by atoms with Gasteiger partial charge in [0.2, 0.25) is 5.91 Å². The lowest BCUT2D eigenvalue weighted by Gasteiger charge is -2.32. The van der Waals surface area contributed by atoms with Crippen molar-refractivity contribution in [1.82, 2.24) is 15.2 Å². The van der Waals surface area contributed by atoms with E-state index in [-0.39, 0.29) is 17.2 Å². The first-order valence-electron chi connectivity index (χ1n) is 8.78. The second kappa shape index (κ2) is 5.92. The Labute approximate surface area is 155 Å². The van der Waals surface area contributed by atoms with Crippen LogP contribution in [0.5, 0.6) is 0 Å². The lowest BCUT2D eigenvalue weighted by molar-refractivity contribution is -0.117. The van der Waals surface area contributed by atoms with Crippen LogP contribution < -0.4 is 5.32 Å². The largest absolute Gasteiger partial charge is 0.308 e. The molecule has 0 aliphatic heterocycles. The van der Waals surface area contributed by atoms with Crippen molar-refractivity contribution >= 4 is 29.1 Å². The van der Waals surface area contributed by atoms with E-state index >= 15 is 0 Å². The van der Waals surface area contributed by atoms with Gasteiger partial charge in [0, 0.05) is 34.7 Å². The van der Waals surface area contributed by atoms with E-state index in [4.69, 9.17) is 0 Å². The molecule has 1 atom stereocenters. The third kappa shape index (κ3) is 2.49. The van der Waals surface area contributed by atoms with E-state index in [9.17, 15) is 4.79 Å². The van der Waals surface area contributed by atoms with Gasteiger partial charge in [-0.3, -0.25) is 14.9 Å². The number of hydrogen-bond donors (Lipinski definition) is 2. The lowest BCUT2D eigenvalue weighted by atomic mass is 9.72. The molecule has 1 aromatic carbocycles. The number of benzene rings is 1. The van der Waals surface area contributed by atoms with Crippen molar-refractivity contribution in [2.24, 2.45) is 5.92 Å². The summed E-state index contributed by atoms with van der Waals surface area (Å²) in [6, 6.07) is 10.5. The molecule has 0 radical (unpaired) electrons. The minimum Gasteiger partial charge on any atom is -0.308 e. The van der Waals surface area contributed by atoms with Crippen LogP contribution in [-0.4, -0.2) is 21.1 Å². The number of hydrogen-bond acceptors (Lipinski definition) is 4. The van der Waals surface area contributed by atoms with Gasteiger partial charge in [0.25, 0.3) is 0 Å². The molecule has 2 N–H and O–H groups in total. The molecule has 2 heterocycles.